The molecule has 3 bridgehead atoms. The number of carbonyl (C=O) groups is 6. The van der Waals surface area contributed by atoms with Crippen molar-refractivity contribution < 1.29 is 33.9 Å². The maximum absolute atomic E-state index is 13.5. The van der Waals surface area contributed by atoms with Gasteiger partial charge in [0.2, 0.25) is 11.8 Å². The molecule has 0 radical (unpaired) electrons. The van der Waals surface area contributed by atoms with E-state index >= 15 is 0 Å². The van der Waals surface area contributed by atoms with Crippen LogP contribution in [0.1, 0.15) is 63.5 Å². The van der Waals surface area contributed by atoms with E-state index in [2.05, 4.69) is 21.3 Å². The Morgan fingerprint density at radius 1 is 0.960 bits per heavy atom. The van der Waals surface area contributed by atoms with Crippen molar-refractivity contribution in [3.05, 3.63) is 59.7 Å². The number of aliphatic carboxylic acids is 1. The molecule has 264 valence electrons. The zero-order chi connectivity index (χ0) is 35.5. The Hall–Kier alpha value is -4.94. The number of carboxylic acids is 1. The molecule has 1 aliphatic heterocycles. The van der Waals surface area contributed by atoms with E-state index in [9.17, 15) is 33.9 Å². The molecule has 2 aromatic carbocycles. The van der Waals surface area contributed by atoms with Crippen molar-refractivity contribution >= 4 is 47.1 Å². The third-order valence-electron chi connectivity index (χ3n) is 12.1. The summed E-state index contributed by atoms with van der Waals surface area (Å²) in [5.41, 5.74) is 1.87. The fraction of sp³-hybridized carbons (Fsp3) is 0.514. The summed E-state index contributed by atoms with van der Waals surface area (Å²) in [6.45, 7) is 4.48. The molecule has 50 heavy (non-hydrogen) atoms. The highest BCUT2D eigenvalue weighted by atomic mass is 16.4. The molecule has 7 amide bonds. The molecule has 13 heteroatoms. The van der Waals surface area contributed by atoms with Crippen molar-refractivity contribution in [1.82, 2.24) is 20.4 Å². The van der Waals surface area contributed by atoms with Crippen molar-refractivity contribution in [1.29, 1.82) is 0 Å². The summed E-state index contributed by atoms with van der Waals surface area (Å²) in [6.07, 6.45) is 5.17. The lowest BCUT2D eigenvalue weighted by Crippen LogP contribution is -2.56. The first-order valence-electron chi connectivity index (χ1n) is 17.4. The van der Waals surface area contributed by atoms with Gasteiger partial charge in [0.25, 0.3) is 5.91 Å². The summed E-state index contributed by atoms with van der Waals surface area (Å²) in [6, 6.07) is 11.8. The fourth-order valence-electron chi connectivity index (χ4n) is 9.72. The third-order valence-corrected chi connectivity index (χ3v) is 12.1. The van der Waals surface area contributed by atoms with Crippen LogP contribution < -0.4 is 21.3 Å². The molecule has 1 spiro atoms. The number of anilines is 2. The van der Waals surface area contributed by atoms with Crippen molar-refractivity contribution in [2.45, 2.75) is 83.5 Å². The van der Waals surface area contributed by atoms with Gasteiger partial charge in [-0.25, -0.2) is 9.59 Å². The maximum atomic E-state index is 13.5. The Kier molecular flexibility index (Phi) is 8.34. The highest BCUT2D eigenvalue weighted by Gasteiger charge is 2.70. The lowest BCUT2D eigenvalue weighted by Gasteiger charge is -2.50. The second-order valence-corrected chi connectivity index (χ2v) is 15.4. The molecule has 7 atom stereocenters. The number of aryl methyl sites for hydroxylation is 1. The van der Waals surface area contributed by atoms with Crippen molar-refractivity contribution in [3.63, 3.8) is 0 Å². The standard InChI is InChI=1S/C37H44N6O7/c1-20-6-4-5-7-27(20)40-34(49)38-25-10-8-21(9-11-25)18-43-35(50)42(33(48)36(43,2)3)19-29(44)39-28(15-30(45)46)32(47)41-31-23-12-22-13-24-14-26(31)37(24,16-22)17-23/h4-11,22-24,26,28,31H,12-19H2,1-3H3,(H,39,44)(H,41,47)(H,45,46)(H2,38,40,49)/t22?,23?,24?,26?,28-,31?,37?/m0/s1. The van der Waals surface area contributed by atoms with Gasteiger partial charge in [-0.2, -0.15) is 0 Å². The van der Waals surface area contributed by atoms with Gasteiger partial charge in [-0.1, -0.05) is 30.3 Å². The Bertz CT molecular complexity index is 1760. The topological polar surface area (TPSA) is 177 Å². The van der Waals surface area contributed by atoms with Gasteiger partial charge in [0.15, 0.2) is 0 Å². The smallest absolute Gasteiger partial charge is 0.328 e. The number of urea groups is 2. The minimum Gasteiger partial charge on any atom is -0.481 e. The average Bonchev–Trinajstić information content (AvgIpc) is 3.43. The second kappa shape index (κ2) is 12.4. The Labute approximate surface area is 290 Å². The summed E-state index contributed by atoms with van der Waals surface area (Å²) in [5.74, 6) is -0.950. The summed E-state index contributed by atoms with van der Waals surface area (Å²) in [4.78, 5) is 80.0. The zero-order valence-corrected chi connectivity index (χ0v) is 28.5. The number of rotatable bonds is 11. The van der Waals surface area contributed by atoms with Crippen molar-refractivity contribution in [3.8, 4) is 0 Å². The van der Waals surface area contributed by atoms with E-state index in [-0.39, 0.29) is 12.6 Å². The molecule has 4 aliphatic carbocycles. The van der Waals surface area contributed by atoms with Gasteiger partial charge in [0.1, 0.15) is 18.1 Å². The number of carbonyl (C=O) groups excluding carboxylic acids is 5. The predicted molar refractivity (Wildman–Crippen MR) is 183 cm³/mol. The number of hydrogen-bond acceptors (Lipinski definition) is 6. The predicted octanol–water partition coefficient (Wildman–Crippen LogP) is 4.08. The normalized spacial score (nSPS) is 28.9. The van der Waals surface area contributed by atoms with Gasteiger partial charge in [-0.3, -0.25) is 24.1 Å². The van der Waals surface area contributed by atoms with Crippen LogP contribution in [0, 0.1) is 36.0 Å². The second-order valence-electron chi connectivity index (χ2n) is 15.4. The molecule has 7 rings (SSSR count). The first kappa shape index (κ1) is 33.6. The Morgan fingerprint density at radius 2 is 1.70 bits per heavy atom. The van der Waals surface area contributed by atoms with Crippen LogP contribution in [0.4, 0.5) is 21.0 Å². The molecule has 5 aliphatic rings. The number of carboxylic acid groups (broad SMARTS) is 1. The fourth-order valence-corrected chi connectivity index (χ4v) is 9.72. The molecule has 4 saturated carbocycles. The number of nitrogens with one attached hydrogen (secondary N) is 4. The van der Waals surface area contributed by atoms with Gasteiger partial charge < -0.3 is 31.3 Å². The van der Waals surface area contributed by atoms with Crippen molar-refractivity contribution in [2.24, 2.45) is 29.1 Å². The van der Waals surface area contributed by atoms with E-state index in [0.717, 1.165) is 35.6 Å². The molecule has 1 saturated heterocycles. The lowest BCUT2D eigenvalue weighted by molar-refractivity contribution is -0.141. The Balaban J connectivity index is 0.954. The highest BCUT2D eigenvalue weighted by molar-refractivity contribution is 6.08. The zero-order valence-electron chi connectivity index (χ0n) is 28.5. The van der Waals surface area contributed by atoms with Crippen LogP contribution in [0.3, 0.4) is 0 Å². The van der Waals surface area contributed by atoms with Crippen LogP contribution in [0.15, 0.2) is 48.5 Å². The summed E-state index contributed by atoms with van der Waals surface area (Å²) in [5, 5.41) is 20.8. The molecule has 13 nitrogen and oxygen atoms in total. The maximum Gasteiger partial charge on any atom is 0.328 e. The van der Waals surface area contributed by atoms with Gasteiger partial charge >= 0.3 is 18.0 Å². The van der Waals surface area contributed by atoms with E-state index < -0.39 is 60.3 Å². The number of para-hydroxylation sites is 1. The number of fused-ring (bicyclic) bond motifs is 2. The number of hydrogen-bond donors (Lipinski definition) is 5. The van der Waals surface area contributed by atoms with Crippen LogP contribution in [0.5, 0.6) is 0 Å². The van der Waals surface area contributed by atoms with Gasteiger partial charge in [0.05, 0.1) is 6.42 Å². The monoisotopic (exact) mass is 684 g/mol. The molecule has 0 aromatic heterocycles. The molecular formula is C37H44N6O7. The molecule has 2 aromatic rings. The quantitative estimate of drug-likeness (QED) is 0.222. The average molecular weight is 685 g/mol. The van der Waals surface area contributed by atoms with E-state index in [1.54, 1.807) is 44.2 Å². The third kappa shape index (κ3) is 5.86. The molecule has 1 heterocycles. The summed E-state index contributed by atoms with van der Waals surface area (Å²) >= 11 is 0. The van der Waals surface area contributed by atoms with E-state index in [1.807, 2.05) is 25.1 Å². The number of benzene rings is 2. The SMILES string of the molecule is Cc1ccccc1NC(=O)Nc1ccc(CN2C(=O)N(CC(=O)N[C@@H](CC(=O)O)C(=O)NC3C4CC5CC6CC3C6(C5)C4)C(=O)C2(C)C)cc1. The van der Waals surface area contributed by atoms with Crippen LogP contribution in [0.2, 0.25) is 0 Å². The van der Waals surface area contributed by atoms with Gasteiger partial charge in [-0.15, -0.1) is 0 Å². The molecule has 6 unspecified atom stereocenters. The number of imide groups is 1. The Morgan fingerprint density at radius 3 is 2.42 bits per heavy atom. The van der Waals surface area contributed by atoms with E-state index in [0.29, 0.717) is 40.1 Å². The van der Waals surface area contributed by atoms with Crippen LogP contribution in [0.25, 0.3) is 0 Å². The largest absolute Gasteiger partial charge is 0.481 e. The van der Waals surface area contributed by atoms with Crippen LogP contribution in [-0.4, -0.2) is 74.8 Å². The summed E-state index contributed by atoms with van der Waals surface area (Å²) in [7, 11) is 0. The first-order chi connectivity index (χ1) is 23.7. The highest BCUT2D eigenvalue weighted by Crippen LogP contribution is 2.75. The van der Waals surface area contributed by atoms with Crippen molar-refractivity contribution in [2.75, 3.05) is 17.2 Å². The summed E-state index contributed by atoms with van der Waals surface area (Å²) < 4.78 is 0. The molecule has 5 N–H and O–H groups in total. The van der Waals surface area contributed by atoms with Gasteiger partial charge in [-0.05, 0) is 111 Å². The molecular weight excluding hydrogens is 640 g/mol. The van der Waals surface area contributed by atoms with Crippen LogP contribution >= 0.6 is 0 Å². The molecule has 5 fully saturated rings. The van der Waals surface area contributed by atoms with E-state index in [4.69, 9.17) is 0 Å². The van der Waals surface area contributed by atoms with Crippen LogP contribution in [-0.2, 0) is 25.7 Å². The lowest BCUT2D eigenvalue weighted by atomic mass is 9.55. The number of nitrogens with zero attached hydrogens (tertiary/aromatic N) is 2. The van der Waals surface area contributed by atoms with Gasteiger partial charge in [0, 0.05) is 24.0 Å². The minimum absolute atomic E-state index is 0.0195. The minimum atomic E-state index is -1.34. The number of amides is 7. The van der Waals surface area contributed by atoms with E-state index in [1.165, 1.54) is 17.7 Å². The first-order valence-corrected chi connectivity index (χ1v) is 17.4.